The second-order valence-corrected chi connectivity index (χ2v) is 7.16. The Morgan fingerprint density at radius 3 is 2.92 bits per heavy atom. The molecule has 3 heterocycles. The average Bonchev–Trinajstić information content (AvgIpc) is 3.11. The Balaban J connectivity index is 1.64. The van der Waals surface area contributed by atoms with E-state index < -0.39 is 0 Å². The monoisotopic (exact) mass is 356 g/mol. The normalized spacial score (nSPS) is 13.9. The summed E-state index contributed by atoms with van der Waals surface area (Å²) >= 11 is 1.74. The molecule has 1 fully saturated rings. The summed E-state index contributed by atoms with van der Waals surface area (Å²) in [4.78, 5) is 19.0. The lowest BCUT2D eigenvalue weighted by Gasteiger charge is -2.30. The van der Waals surface area contributed by atoms with E-state index in [1.54, 1.807) is 24.3 Å². The number of esters is 1. The van der Waals surface area contributed by atoms with Gasteiger partial charge in [-0.15, -0.1) is 0 Å². The van der Waals surface area contributed by atoms with Crippen molar-refractivity contribution >= 4 is 32.7 Å². The average molecular weight is 356 g/mol. The van der Waals surface area contributed by atoms with Crippen LogP contribution in [-0.4, -0.2) is 40.4 Å². The Labute approximate surface area is 150 Å². The number of carbonyl (C=O) groups is 1. The van der Waals surface area contributed by atoms with E-state index in [-0.39, 0.29) is 5.97 Å². The fourth-order valence-electron chi connectivity index (χ4n) is 2.90. The molecule has 0 aliphatic carbocycles. The molecule has 0 bridgehead atoms. The van der Waals surface area contributed by atoms with Crippen molar-refractivity contribution in [2.75, 3.05) is 24.6 Å². The zero-order chi connectivity index (χ0) is 17.4. The topological polar surface area (TPSA) is 60.2 Å². The SMILES string of the molecule is CCOC(=O)c1cc(C)n(Cc2cccc3sc(N4CCC4)nc23)n1. The van der Waals surface area contributed by atoms with Crippen LogP contribution in [0.25, 0.3) is 10.2 Å². The molecule has 0 spiro atoms. The van der Waals surface area contributed by atoms with Crippen molar-refractivity contribution in [1.29, 1.82) is 0 Å². The van der Waals surface area contributed by atoms with Crippen LogP contribution < -0.4 is 4.90 Å². The molecule has 0 radical (unpaired) electrons. The van der Waals surface area contributed by atoms with E-state index in [0.717, 1.165) is 35.0 Å². The zero-order valence-electron chi connectivity index (χ0n) is 14.4. The Morgan fingerprint density at radius 2 is 2.20 bits per heavy atom. The van der Waals surface area contributed by atoms with Crippen molar-refractivity contribution in [3.8, 4) is 0 Å². The number of aromatic nitrogens is 3. The van der Waals surface area contributed by atoms with Crippen molar-refractivity contribution in [3.05, 3.63) is 41.2 Å². The van der Waals surface area contributed by atoms with Crippen molar-refractivity contribution in [2.24, 2.45) is 0 Å². The fourth-order valence-corrected chi connectivity index (χ4v) is 3.97. The van der Waals surface area contributed by atoms with Gasteiger partial charge in [-0.05, 0) is 32.4 Å². The highest BCUT2D eigenvalue weighted by molar-refractivity contribution is 7.22. The first-order chi connectivity index (χ1) is 12.2. The van der Waals surface area contributed by atoms with Gasteiger partial charge < -0.3 is 9.64 Å². The van der Waals surface area contributed by atoms with Gasteiger partial charge in [-0.25, -0.2) is 9.78 Å². The Bertz CT molecular complexity index is 926. The zero-order valence-corrected chi connectivity index (χ0v) is 15.2. The standard InChI is InChI=1S/C18H20N4O2S/c1-3-24-17(23)14-10-12(2)22(20-14)11-13-6-4-7-15-16(13)19-18(25-15)21-8-5-9-21/h4,6-7,10H,3,5,8-9,11H2,1-2H3. The molecular weight excluding hydrogens is 336 g/mol. The van der Waals surface area contributed by atoms with Gasteiger partial charge >= 0.3 is 5.97 Å². The number of rotatable bonds is 5. The van der Waals surface area contributed by atoms with Gasteiger partial charge in [-0.2, -0.15) is 5.10 Å². The fraction of sp³-hybridized carbons (Fsp3) is 0.389. The molecule has 130 valence electrons. The van der Waals surface area contributed by atoms with E-state index in [1.165, 1.54) is 11.1 Å². The number of benzene rings is 1. The molecule has 3 aromatic rings. The maximum atomic E-state index is 11.9. The van der Waals surface area contributed by atoms with Gasteiger partial charge in [0.25, 0.3) is 0 Å². The van der Waals surface area contributed by atoms with Crippen molar-refractivity contribution < 1.29 is 9.53 Å². The van der Waals surface area contributed by atoms with Crippen LogP contribution in [0.15, 0.2) is 24.3 Å². The van der Waals surface area contributed by atoms with Crippen LogP contribution >= 0.6 is 11.3 Å². The molecule has 4 rings (SSSR count). The molecule has 7 heteroatoms. The molecule has 2 aromatic heterocycles. The summed E-state index contributed by atoms with van der Waals surface area (Å²) in [6.45, 7) is 6.86. The summed E-state index contributed by atoms with van der Waals surface area (Å²) in [5, 5.41) is 5.50. The summed E-state index contributed by atoms with van der Waals surface area (Å²) in [6, 6.07) is 8.01. The molecule has 6 nitrogen and oxygen atoms in total. The van der Waals surface area contributed by atoms with Gasteiger partial charge in [0, 0.05) is 24.3 Å². The number of hydrogen-bond donors (Lipinski definition) is 0. The largest absolute Gasteiger partial charge is 0.461 e. The minimum atomic E-state index is -0.378. The third-order valence-corrected chi connectivity index (χ3v) is 5.49. The van der Waals surface area contributed by atoms with Gasteiger partial charge in [0.1, 0.15) is 0 Å². The van der Waals surface area contributed by atoms with Crippen molar-refractivity contribution in [3.63, 3.8) is 0 Å². The maximum Gasteiger partial charge on any atom is 0.358 e. The Kier molecular flexibility index (Phi) is 4.17. The van der Waals surface area contributed by atoms with Crippen molar-refractivity contribution in [2.45, 2.75) is 26.8 Å². The van der Waals surface area contributed by atoms with E-state index in [4.69, 9.17) is 9.72 Å². The predicted octanol–water partition coefficient (Wildman–Crippen LogP) is 3.24. The third-order valence-electron chi connectivity index (χ3n) is 4.40. The Morgan fingerprint density at radius 1 is 1.36 bits per heavy atom. The summed E-state index contributed by atoms with van der Waals surface area (Å²) in [6.07, 6.45) is 1.24. The number of thiazole rings is 1. The van der Waals surface area contributed by atoms with Gasteiger partial charge in [-0.3, -0.25) is 4.68 Å². The minimum Gasteiger partial charge on any atom is -0.461 e. The van der Waals surface area contributed by atoms with E-state index in [9.17, 15) is 4.79 Å². The molecule has 0 atom stereocenters. The third kappa shape index (κ3) is 3.00. The second-order valence-electron chi connectivity index (χ2n) is 6.15. The van der Waals surface area contributed by atoms with Gasteiger partial charge in [0.15, 0.2) is 10.8 Å². The molecule has 0 amide bonds. The maximum absolute atomic E-state index is 11.9. The van der Waals surface area contributed by atoms with Crippen LogP contribution in [0, 0.1) is 6.92 Å². The molecule has 1 aliphatic rings. The number of aryl methyl sites for hydroxylation is 1. The molecular formula is C18H20N4O2S. The van der Waals surface area contributed by atoms with Crippen LogP contribution in [-0.2, 0) is 11.3 Å². The number of carbonyl (C=O) groups excluding carboxylic acids is 1. The summed E-state index contributed by atoms with van der Waals surface area (Å²) in [7, 11) is 0. The molecule has 1 saturated heterocycles. The second kappa shape index (κ2) is 6.48. The lowest BCUT2D eigenvalue weighted by atomic mass is 10.2. The van der Waals surface area contributed by atoms with E-state index in [2.05, 4.69) is 28.2 Å². The van der Waals surface area contributed by atoms with Crippen LogP contribution in [0.3, 0.4) is 0 Å². The minimum absolute atomic E-state index is 0.349. The van der Waals surface area contributed by atoms with Crippen LogP contribution in [0.1, 0.15) is 35.1 Å². The molecule has 25 heavy (non-hydrogen) atoms. The number of anilines is 1. The summed E-state index contributed by atoms with van der Waals surface area (Å²) < 4.78 is 8.06. The number of hydrogen-bond acceptors (Lipinski definition) is 6. The van der Waals surface area contributed by atoms with Crippen LogP contribution in [0.5, 0.6) is 0 Å². The van der Waals surface area contributed by atoms with Crippen LogP contribution in [0.2, 0.25) is 0 Å². The smallest absolute Gasteiger partial charge is 0.358 e. The van der Waals surface area contributed by atoms with Crippen molar-refractivity contribution in [1.82, 2.24) is 14.8 Å². The highest BCUT2D eigenvalue weighted by Crippen LogP contribution is 2.33. The predicted molar refractivity (Wildman–Crippen MR) is 98.5 cm³/mol. The molecule has 1 aromatic carbocycles. The number of ether oxygens (including phenoxy) is 1. The molecule has 0 N–H and O–H groups in total. The summed E-state index contributed by atoms with van der Waals surface area (Å²) in [5.41, 5.74) is 3.42. The first kappa shape index (κ1) is 16.1. The first-order valence-electron chi connectivity index (χ1n) is 8.50. The number of para-hydroxylation sites is 1. The van der Waals surface area contributed by atoms with Gasteiger partial charge in [-0.1, -0.05) is 23.5 Å². The first-order valence-corrected chi connectivity index (χ1v) is 9.32. The highest BCUT2D eigenvalue weighted by Gasteiger charge is 2.20. The number of nitrogens with zero attached hydrogens (tertiary/aromatic N) is 4. The molecule has 1 aliphatic heterocycles. The lowest BCUT2D eigenvalue weighted by molar-refractivity contribution is 0.0518. The van der Waals surface area contributed by atoms with Gasteiger partial charge in [0.2, 0.25) is 0 Å². The van der Waals surface area contributed by atoms with E-state index >= 15 is 0 Å². The van der Waals surface area contributed by atoms with Crippen LogP contribution in [0.4, 0.5) is 5.13 Å². The summed E-state index contributed by atoms with van der Waals surface area (Å²) in [5.74, 6) is -0.378. The van der Waals surface area contributed by atoms with Gasteiger partial charge in [0.05, 0.1) is 23.4 Å². The quantitative estimate of drug-likeness (QED) is 0.657. The number of fused-ring (bicyclic) bond motifs is 1. The Hall–Kier alpha value is -2.41. The molecule has 0 saturated carbocycles. The molecule has 0 unspecified atom stereocenters. The lowest BCUT2D eigenvalue weighted by Crippen LogP contribution is -2.36. The van der Waals surface area contributed by atoms with E-state index in [0.29, 0.717) is 18.8 Å². The van der Waals surface area contributed by atoms with E-state index in [1.807, 2.05) is 11.6 Å². The highest BCUT2D eigenvalue weighted by atomic mass is 32.1.